The highest BCUT2D eigenvalue weighted by Gasteiger charge is 2.24. The summed E-state index contributed by atoms with van der Waals surface area (Å²) in [6.45, 7) is 6.13. The second kappa shape index (κ2) is 7.23. The van der Waals surface area contributed by atoms with Gasteiger partial charge in [0, 0.05) is 6.54 Å². The molecule has 112 valence electrons. The van der Waals surface area contributed by atoms with Crippen LogP contribution in [0.25, 0.3) is 0 Å². The maximum Gasteiger partial charge on any atom is 0.371 e. The van der Waals surface area contributed by atoms with Gasteiger partial charge in [0.1, 0.15) is 16.0 Å². The predicted molar refractivity (Wildman–Crippen MR) is 74.0 cm³/mol. The molecule has 0 aliphatic carbocycles. The Morgan fingerprint density at radius 3 is 2.50 bits per heavy atom. The average molecular weight is 301 g/mol. The van der Waals surface area contributed by atoms with Crippen molar-refractivity contribution in [2.45, 2.75) is 37.5 Å². The number of aromatic carboxylic acids is 1. The van der Waals surface area contributed by atoms with Gasteiger partial charge in [-0.2, -0.15) is 0 Å². The topological polar surface area (TPSA) is 96.6 Å². The summed E-state index contributed by atoms with van der Waals surface area (Å²) in [5.41, 5.74) is 0. The number of furan rings is 1. The molecular formula is C13H19NO5S. The van der Waals surface area contributed by atoms with E-state index < -0.39 is 22.0 Å². The molecule has 2 N–H and O–H groups in total. The fraction of sp³-hybridized carbons (Fsp3) is 0.538. The minimum atomic E-state index is -1.71. The molecule has 0 aliphatic rings. The summed E-state index contributed by atoms with van der Waals surface area (Å²) in [5, 5.41) is 10.6. The van der Waals surface area contributed by atoms with Crippen molar-refractivity contribution >= 4 is 22.7 Å². The predicted octanol–water partition coefficient (Wildman–Crippen LogP) is 1.64. The first kappa shape index (κ1) is 16.4. The van der Waals surface area contributed by atoms with Gasteiger partial charge in [-0.1, -0.05) is 13.8 Å². The van der Waals surface area contributed by atoms with Crippen LogP contribution in [-0.2, 0) is 15.6 Å². The van der Waals surface area contributed by atoms with E-state index in [9.17, 15) is 13.8 Å². The number of carboxylic acid groups (broad SMARTS) is 1. The number of rotatable bonds is 7. The third kappa shape index (κ3) is 4.48. The largest absolute Gasteiger partial charge is 0.475 e. The standard InChI is InChI=1S/C13H19NO5S/c1-8(2)6-7-14-12(15)9(3)20(18)11-5-4-10(19-11)13(16)17/h4-5,8-9H,6-7H2,1-3H3,(H,14,15)(H,16,17). The van der Waals surface area contributed by atoms with Crippen LogP contribution in [0.2, 0.25) is 0 Å². The zero-order valence-electron chi connectivity index (χ0n) is 11.7. The zero-order chi connectivity index (χ0) is 15.3. The van der Waals surface area contributed by atoms with E-state index in [2.05, 4.69) is 5.32 Å². The van der Waals surface area contributed by atoms with Gasteiger partial charge in [0.15, 0.2) is 5.09 Å². The summed E-state index contributed by atoms with van der Waals surface area (Å²) in [6.07, 6.45) is 0.842. The highest BCUT2D eigenvalue weighted by atomic mass is 32.2. The number of carbonyl (C=O) groups excluding carboxylic acids is 1. The molecule has 1 rings (SSSR count). The van der Waals surface area contributed by atoms with E-state index in [-0.39, 0.29) is 16.8 Å². The van der Waals surface area contributed by atoms with Crippen LogP contribution < -0.4 is 5.32 Å². The van der Waals surface area contributed by atoms with Crippen LogP contribution in [-0.4, -0.2) is 33.0 Å². The minimum absolute atomic E-state index is 0.00564. The Bertz CT molecular complexity index is 509. The van der Waals surface area contributed by atoms with Crippen molar-refractivity contribution in [1.82, 2.24) is 5.32 Å². The highest BCUT2D eigenvalue weighted by molar-refractivity contribution is 7.86. The summed E-state index contributed by atoms with van der Waals surface area (Å²) in [5.74, 6) is -1.39. The highest BCUT2D eigenvalue weighted by Crippen LogP contribution is 2.15. The molecule has 0 saturated carbocycles. The molecule has 1 aromatic heterocycles. The minimum Gasteiger partial charge on any atom is -0.475 e. The van der Waals surface area contributed by atoms with E-state index >= 15 is 0 Å². The lowest BCUT2D eigenvalue weighted by molar-refractivity contribution is -0.120. The van der Waals surface area contributed by atoms with Crippen LogP contribution >= 0.6 is 0 Å². The molecule has 1 amide bonds. The van der Waals surface area contributed by atoms with Gasteiger partial charge in [-0.25, -0.2) is 4.79 Å². The Hall–Kier alpha value is -1.63. The third-order valence-electron chi connectivity index (χ3n) is 2.70. The van der Waals surface area contributed by atoms with Crippen molar-refractivity contribution in [1.29, 1.82) is 0 Å². The van der Waals surface area contributed by atoms with Crippen LogP contribution in [0, 0.1) is 5.92 Å². The lowest BCUT2D eigenvalue weighted by Gasteiger charge is -2.11. The van der Waals surface area contributed by atoms with Crippen molar-refractivity contribution in [2.75, 3.05) is 6.54 Å². The van der Waals surface area contributed by atoms with Crippen molar-refractivity contribution in [3.63, 3.8) is 0 Å². The molecule has 2 atom stereocenters. The van der Waals surface area contributed by atoms with Gasteiger partial charge >= 0.3 is 5.97 Å². The van der Waals surface area contributed by atoms with Gasteiger partial charge in [-0.15, -0.1) is 0 Å². The van der Waals surface area contributed by atoms with E-state index in [1.807, 2.05) is 13.8 Å². The Balaban J connectivity index is 2.61. The van der Waals surface area contributed by atoms with Gasteiger partial charge in [-0.3, -0.25) is 9.00 Å². The van der Waals surface area contributed by atoms with Gasteiger partial charge in [0.2, 0.25) is 11.7 Å². The Morgan fingerprint density at radius 1 is 1.35 bits per heavy atom. The van der Waals surface area contributed by atoms with E-state index in [1.165, 1.54) is 19.1 Å². The second-order valence-corrected chi connectivity index (χ2v) is 6.54. The number of amides is 1. The summed E-state index contributed by atoms with van der Waals surface area (Å²) >= 11 is 0. The summed E-state index contributed by atoms with van der Waals surface area (Å²) in [4.78, 5) is 22.5. The monoisotopic (exact) mass is 301 g/mol. The van der Waals surface area contributed by atoms with Gasteiger partial charge < -0.3 is 14.8 Å². The molecule has 0 saturated heterocycles. The fourth-order valence-corrected chi connectivity index (χ4v) is 2.44. The van der Waals surface area contributed by atoms with Gasteiger partial charge in [0.05, 0.1) is 0 Å². The Morgan fingerprint density at radius 2 is 2.00 bits per heavy atom. The van der Waals surface area contributed by atoms with E-state index in [0.29, 0.717) is 12.5 Å². The molecule has 1 aromatic rings. The molecule has 6 nitrogen and oxygen atoms in total. The number of carbonyl (C=O) groups is 2. The number of hydrogen-bond acceptors (Lipinski definition) is 4. The molecule has 0 aliphatic heterocycles. The lowest BCUT2D eigenvalue weighted by Crippen LogP contribution is -2.36. The summed E-state index contributed by atoms with van der Waals surface area (Å²) in [7, 11) is -1.71. The van der Waals surface area contributed by atoms with Crippen molar-refractivity contribution in [3.05, 3.63) is 17.9 Å². The molecule has 1 heterocycles. The first-order valence-corrected chi connectivity index (χ1v) is 7.55. The van der Waals surface area contributed by atoms with E-state index in [0.717, 1.165) is 6.42 Å². The van der Waals surface area contributed by atoms with Crippen LogP contribution in [0.5, 0.6) is 0 Å². The van der Waals surface area contributed by atoms with Crippen LogP contribution in [0.15, 0.2) is 21.6 Å². The maximum absolute atomic E-state index is 12.1. The van der Waals surface area contributed by atoms with Crippen LogP contribution in [0.4, 0.5) is 0 Å². The molecule has 20 heavy (non-hydrogen) atoms. The Kier molecular flexibility index (Phi) is 5.94. The second-order valence-electron chi connectivity index (χ2n) is 4.84. The van der Waals surface area contributed by atoms with Crippen LogP contribution in [0.1, 0.15) is 37.7 Å². The zero-order valence-corrected chi connectivity index (χ0v) is 12.5. The molecule has 2 unspecified atom stereocenters. The van der Waals surface area contributed by atoms with Crippen molar-refractivity contribution in [2.24, 2.45) is 5.92 Å². The van der Waals surface area contributed by atoms with Crippen molar-refractivity contribution < 1.29 is 23.3 Å². The van der Waals surface area contributed by atoms with E-state index in [1.54, 1.807) is 0 Å². The molecule has 0 bridgehead atoms. The normalized spacial score (nSPS) is 14.0. The summed E-state index contributed by atoms with van der Waals surface area (Å²) < 4.78 is 17.0. The third-order valence-corrected chi connectivity index (χ3v) is 4.17. The molecule has 0 fully saturated rings. The lowest BCUT2D eigenvalue weighted by atomic mass is 10.1. The maximum atomic E-state index is 12.1. The van der Waals surface area contributed by atoms with E-state index in [4.69, 9.17) is 9.52 Å². The van der Waals surface area contributed by atoms with Gasteiger partial charge in [0.25, 0.3) is 0 Å². The molecule has 0 aromatic carbocycles. The number of carboxylic acids is 1. The smallest absolute Gasteiger partial charge is 0.371 e. The first-order chi connectivity index (χ1) is 9.32. The molecular weight excluding hydrogens is 282 g/mol. The number of nitrogens with one attached hydrogen (secondary N) is 1. The SMILES string of the molecule is CC(C)CCNC(=O)C(C)S(=O)c1ccc(C(=O)O)o1. The van der Waals surface area contributed by atoms with Crippen LogP contribution in [0.3, 0.4) is 0 Å². The average Bonchev–Trinajstić information content (AvgIpc) is 2.86. The quantitative estimate of drug-likeness (QED) is 0.798. The number of hydrogen-bond donors (Lipinski definition) is 2. The first-order valence-electron chi connectivity index (χ1n) is 6.34. The molecule has 0 radical (unpaired) electrons. The Labute approximate surface area is 120 Å². The molecule has 7 heteroatoms. The molecule has 0 spiro atoms. The van der Waals surface area contributed by atoms with Crippen molar-refractivity contribution in [3.8, 4) is 0 Å². The summed E-state index contributed by atoms with van der Waals surface area (Å²) in [6, 6.07) is 2.54. The van der Waals surface area contributed by atoms with Gasteiger partial charge in [-0.05, 0) is 31.4 Å². The fourth-order valence-electron chi connectivity index (χ4n) is 1.44.